The van der Waals surface area contributed by atoms with Gasteiger partial charge in [0, 0.05) is 6.04 Å². The van der Waals surface area contributed by atoms with Gasteiger partial charge in [-0.15, -0.1) is 0 Å². The summed E-state index contributed by atoms with van der Waals surface area (Å²) >= 11 is 0. The van der Waals surface area contributed by atoms with Gasteiger partial charge in [-0.25, -0.2) is 0 Å². The van der Waals surface area contributed by atoms with Crippen molar-refractivity contribution < 1.29 is 9.53 Å². The van der Waals surface area contributed by atoms with E-state index in [9.17, 15) is 4.79 Å². The molecule has 1 amide bonds. The third kappa shape index (κ3) is 2.67. The first-order valence-corrected chi connectivity index (χ1v) is 7.66. The molecule has 3 heteroatoms. The van der Waals surface area contributed by atoms with Crippen LogP contribution in [0, 0.1) is 18.8 Å². The molecule has 0 heterocycles. The minimum absolute atomic E-state index is 0.0193. The molecule has 1 N–H and O–H groups in total. The molecular weight excluding hydrogens is 250 g/mol. The fourth-order valence-corrected chi connectivity index (χ4v) is 3.65. The maximum atomic E-state index is 12.3. The van der Waals surface area contributed by atoms with Gasteiger partial charge in [-0.05, 0) is 56.6 Å². The van der Waals surface area contributed by atoms with E-state index in [2.05, 4.69) is 5.32 Å². The summed E-state index contributed by atoms with van der Waals surface area (Å²) in [4.78, 5) is 12.3. The van der Waals surface area contributed by atoms with Gasteiger partial charge in [0.2, 0.25) is 0 Å². The lowest BCUT2D eigenvalue weighted by Crippen LogP contribution is -2.44. The average molecular weight is 273 g/mol. The van der Waals surface area contributed by atoms with Crippen molar-refractivity contribution in [1.29, 1.82) is 0 Å². The molecule has 0 radical (unpaired) electrons. The summed E-state index contributed by atoms with van der Waals surface area (Å²) in [5.41, 5.74) is 1.06. The van der Waals surface area contributed by atoms with E-state index in [1.54, 1.807) is 0 Å². The lowest BCUT2D eigenvalue weighted by atomic mass is 9.95. The number of ether oxygens (including phenoxy) is 1. The highest BCUT2D eigenvalue weighted by atomic mass is 16.5. The average Bonchev–Trinajstić information content (AvgIpc) is 3.03. The van der Waals surface area contributed by atoms with E-state index in [4.69, 9.17) is 4.74 Å². The molecule has 20 heavy (non-hydrogen) atoms. The molecule has 0 saturated heterocycles. The number of carbonyl (C=O) groups excluding carboxylic acids is 1. The minimum atomic E-state index is -0.435. The molecule has 1 aromatic rings. The van der Waals surface area contributed by atoms with Crippen LogP contribution in [-0.2, 0) is 4.79 Å². The lowest BCUT2D eigenvalue weighted by Gasteiger charge is -2.25. The van der Waals surface area contributed by atoms with Crippen molar-refractivity contribution in [1.82, 2.24) is 5.32 Å². The second-order valence-corrected chi connectivity index (χ2v) is 6.32. The van der Waals surface area contributed by atoms with E-state index in [1.165, 1.54) is 19.3 Å². The van der Waals surface area contributed by atoms with E-state index in [0.29, 0.717) is 12.0 Å². The van der Waals surface area contributed by atoms with Crippen LogP contribution in [-0.4, -0.2) is 18.1 Å². The smallest absolute Gasteiger partial charge is 0.261 e. The number of benzene rings is 1. The van der Waals surface area contributed by atoms with Crippen molar-refractivity contribution in [3.63, 3.8) is 0 Å². The monoisotopic (exact) mass is 273 g/mol. The number of para-hydroxylation sites is 1. The summed E-state index contributed by atoms with van der Waals surface area (Å²) < 4.78 is 5.79. The van der Waals surface area contributed by atoms with Crippen LogP contribution in [0.3, 0.4) is 0 Å². The number of carbonyl (C=O) groups is 1. The van der Waals surface area contributed by atoms with Crippen molar-refractivity contribution in [3.05, 3.63) is 29.8 Å². The fraction of sp³-hybridized carbons (Fsp3) is 0.588. The third-order valence-corrected chi connectivity index (χ3v) is 4.83. The predicted octanol–water partition coefficient (Wildman–Crippen LogP) is 3.07. The summed E-state index contributed by atoms with van der Waals surface area (Å²) in [5, 5.41) is 3.19. The molecule has 1 aromatic carbocycles. The zero-order valence-corrected chi connectivity index (χ0v) is 12.3. The number of fused-ring (bicyclic) bond motifs is 2. The topological polar surface area (TPSA) is 38.3 Å². The van der Waals surface area contributed by atoms with E-state index >= 15 is 0 Å². The molecule has 0 aromatic heterocycles. The highest BCUT2D eigenvalue weighted by Crippen LogP contribution is 2.44. The van der Waals surface area contributed by atoms with E-state index in [-0.39, 0.29) is 5.91 Å². The first kappa shape index (κ1) is 13.5. The minimum Gasteiger partial charge on any atom is -0.481 e. The number of nitrogens with one attached hydrogen (secondary N) is 1. The Bertz CT molecular complexity index is 500. The largest absolute Gasteiger partial charge is 0.481 e. The molecular formula is C17H23NO2. The van der Waals surface area contributed by atoms with Crippen LogP contribution in [0.2, 0.25) is 0 Å². The Hall–Kier alpha value is -1.51. The van der Waals surface area contributed by atoms with Gasteiger partial charge in [0.05, 0.1) is 0 Å². The maximum absolute atomic E-state index is 12.3. The Balaban J connectivity index is 1.56. The predicted molar refractivity (Wildman–Crippen MR) is 78.6 cm³/mol. The van der Waals surface area contributed by atoms with E-state index < -0.39 is 6.10 Å². The van der Waals surface area contributed by atoms with Gasteiger partial charge < -0.3 is 10.1 Å². The van der Waals surface area contributed by atoms with Gasteiger partial charge in [-0.1, -0.05) is 24.6 Å². The molecule has 4 atom stereocenters. The molecule has 2 aliphatic carbocycles. The molecule has 3 nitrogen and oxygen atoms in total. The Kier molecular flexibility index (Phi) is 3.68. The number of hydrogen-bond acceptors (Lipinski definition) is 2. The Morgan fingerprint density at radius 2 is 2.10 bits per heavy atom. The summed E-state index contributed by atoms with van der Waals surface area (Å²) in [5.74, 6) is 2.36. The van der Waals surface area contributed by atoms with Crippen LogP contribution in [0.15, 0.2) is 24.3 Å². The van der Waals surface area contributed by atoms with Gasteiger partial charge in [-0.3, -0.25) is 4.79 Å². The molecule has 2 aliphatic rings. The van der Waals surface area contributed by atoms with Gasteiger partial charge in [0.25, 0.3) is 5.91 Å². The SMILES string of the molecule is Cc1ccccc1OC(C)C(=O)NC1CC2CCC1C2. The van der Waals surface area contributed by atoms with Crippen LogP contribution in [0.25, 0.3) is 0 Å². The molecule has 2 fully saturated rings. The number of hydrogen-bond donors (Lipinski definition) is 1. The Morgan fingerprint density at radius 3 is 2.75 bits per heavy atom. The first-order valence-electron chi connectivity index (χ1n) is 7.66. The number of rotatable bonds is 4. The lowest BCUT2D eigenvalue weighted by molar-refractivity contribution is -0.128. The van der Waals surface area contributed by atoms with Gasteiger partial charge >= 0.3 is 0 Å². The van der Waals surface area contributed by atoms with Crippen LogP contribution in [0.1, 0.15) is 38.2 Å². The van der Waals surface area contributed by atoms with Crippen LogP contribution in [0.4, 0.5) is 0 Å². The molecule has 4 unspecified atom stereocenters. The summed E-state index contributed by atoms with van der Waals surface area (Å²) in [6.45, 7) is 3.82. The highest BCUT2D eigenvalue weighted by molar-refractivity contribution is 5.81. The summed E-state index contributed by atoms with van der Waals surface area (Å²) in [6.07, 6.45) is 4.66. The van der Waals surface area contributed by atoms with Crippen LogP contribution >= 0.6 is 0 Å². The zero-order valence-electron chi connectivity index (χ0n) is 12.3. The summed E-state index contributed by atoms with van der Waals surface area (Å²) in [7, 11) is 0. The highest BCUT2D eigenvalue weighted by Gasteiger charge is 2.40. The van der Waals surface area contributed by atoms with Crippen molar-refractivity contribution >= 4 is 5.91 Å². The number of amides is 1. The molecule has 2 saturated carbocycles. The number of aryl methyl sites for hydroxylation is 1. The van der Waals surface area contributed by atoms with Gasteiger partial charge in [0.15, 0.2) is 6.10 Å². The Morgan fingerprint density at radius 1 is 1.30 bits per heavy atom. The van der Waals surface area contributed by atoms with Crippen LogP contribution in [0.5, 0.6) is 5.75 Å². The normalized spacial score (nSPS) is 29.2. The maximum Gasteiger partial charge on any atom is 0.261 e. The standard InChI is InChI=1S/C17H23NO2/c1-11-5-3-4-6-16(11)20-12(2)17(19)18-15-10-13-7-8-14(15)9-13/h3-6,12-15H,7-10H2,1-2H3,(H,18,19). The zero-order chi connectivity index (χ0) is 14.1. The van der Waals surface area contributed by atoms with Crippen LogP contribution < -0.4 is 10.1 Å². The van der Waals surface area contributed by atoms with E-state index in [1.807, 2.05) is 38.1 Å². The quantitative estimate of drug-likeness (QED) is 0.915. The van der Waals surface area contributed by atoms with Crippen molar-refractivity contribution in [2.45, 2.75) is 51.7 Å². The summed E-state index contributed by atoms with van der Waals surface area (Å²) in [6, 6.07) is 8.20. The van der Waals surface area contributed by atoms with E-state index in [0.717, 1.165) is 23.7 Å². The second-order valence-electron chi connectivity index (χ2n) is 6.32. The van der Waals surface area contributed by atoms with Crippen molar-refractivity contribution in [2.75, 3.05) is 0 Å². The molecule has 3 rings (SSSR count). The molecule has 108 valence electrons. The Labute approximate surface area is 120 Å². The fourth-order valence-electron chi connectivity index (χ4n) is 3.65. The second kappa shape index (κ2) is 5.47. The van der Waals surface area contributed by atoms with Crippen molar-refractivity contribution in [3.8, 4) is 5.75 Å². The third-order valence-electron chi connectivity index (χ3n) is 4.83. The molecule has 0 spiro atoms. The van der Waals surface area contributed by atoms with Gasteiger partial charge in [-0.2, -0.15) is 0 Å². The first-order chi connectivity index (χ1) is 9.63. The van der Waals surface area contributed by atoms with Crippen molar-refractivity contribution in [2.24, 2.45) is 11.8 Å². The van der Waals surface area contributed by atoms with Gasteiger partial charge in [0.1, 0.15) is 5.75 Å². The molecule has 0 aliphatic heterocycles. The molecule has 2 bridgehead atoms.